The van der Waals surface area contributed by atoms with E-state index in [1.807, 2.05) is 56.3 Å². The maximum Gasteiger partial charge on any atom is 0.344 e. The molecule has 3 aromatic rings. The third kappa shape index (κ3) is 7.07. The number of anilines is 1. The fourth-order valence-electron chi connectivity index (χ4n) is 4.73. The van der Waals surface area contributed by atoms with E-state index in [2.05, 4.69) is 27.5 Å². The van der Waals surface area contributed by atoms with E-state index >= 15 is 0 Å². The number of aryl methyl sites for hydroxylation is 1. The minimum absolute atomic E-state index is 0.0334. The first-order valence-corrected chi connectivity index (χ1v) is 13.2. The summed E-state index contributed by atoms with van der Waals surface area (Å²) in [7, 11) is 0. The highest BCUT2D eigenvalue weighted by Gasteiger charge is 2.23. The van der Waals surface area contributed by atoms with Crippen LogP contribution in [-0.4, -0.2) is 48.2 Å². The van der Waals surface area contributed by atoms with Crippen LogP contribution in [0, 0.1) is 12.8 Å². The molecule has 0 radical (unpaired) electrons. The van der Waals surface area contributed by atoms with Crippen LogP contribution in [0.3, 0.4) is 0 Å². The van der Waals surface area contributed by atoms with Crippen molar-refractivity contribution in [1.82, 2.24) is 10.1 Å². The number of hydrogen-bond donors (Lipinski definition) is 1. The Morgan fingerprint density at radius 1 is 1.08 bits per heavy atom. The molecule has 1 amide bonds. The van der Waals surface area contributed by atoms with Gasteiger partial charge in [-0.15, -0.1) is 0 Å². The lowest BCUT2D eigenvalue weighted by Gasteiger charge is -2.32. The minimum Gasteiger partial charge on any atom is -0.462 e. The van der Waals surface area contributed by atoms with Gasteiger partial charge in [0.15, 0.2) is 0 Å². The molecule has 0 unspecified atom stereocenters. The van der Waals surface area contributed by atoms with Gasteiger partial charge < -0.3 is 19.5 Å². The van der Waals surface area contributed by atoms with Gasteiger partial charge in [0.1, 0.15) is 17.0 Å². The maximum atomic E-state index is 12.7. The van der Waals surface area contributed by atoms with Crippen molar-refractivity contribution in [2.45, 2.75) is 52.4 Å². The van der Waals surface area contributed by atoms with Crippen molar-refractivity contribution in [2.24, 2.45) is 5.92 Å². The van der Waals surface area contributed by atoms with Crippen LogP contribution in [-0.2, 0) is 9.53 Å². The molecule has 7 heteroatoms. The van der Waals surface area contributed by atoms with Crippen molar-refractivity contribution >= 4 is 17.6 Å². The number of amides is 1. The zero-order valence-corrected chi connectivity index (χ0v) is 22.0. The molecule has 1 N–H and O–H groups in total. The van der Waals surface area contributed by atoms with Gasteiger partial charge in [-0.05, 0) is 75.9 Å². The highest BCUT2D eigenvalue weighted by atomic mass is 16.5. The van der Waals surface area contributed by atoms with Crippen LogP contribution < -0.4 is 5.32 Å². The van der Waals surface area contributed by atoms with Crippen molar-refractivity contribution in [3.8, 4) is 11.3 Å². The van der Waals surface area contributed by atoms with Crippen LogP contribution in [0.1, 0.15) is 67.1 Å². The van der Waals surface area contributed by atoms with E-state index in [9.17, 15) is 9.59 Å². The summed E-state index contributed by atoms with van der Waals surface area (Å²) >= 11 is 0. The van der Waals surface area contributed by atoms with E-state index in [1.54, 1.807) is 6.92 Å². The third-order valence-electron chi connectivity index (χ3n) is 6.95. The molecule has 1 aliphatic heterocycles. The Morgan fingerprint density at radius 3 is 2.57 bits per heavy atom. The molecule has 37 heavy (non-hydrogen) atoms. The van der Waals surface area contributed by atoms with E-state index in [1.165, 1.54) is 5.56 Å². The van der Waals surface area contributed by atoms with Gasteiger partial charge in [-0.3, -0.25) is 4.79 Å². The standard InChI is InChI=1S/C30H37N3O4/c1-21(2)29(34)31-26-13-9-12-25(20-26)23-14-17-33(18-15-23)16-7-8-19-36-30(35)27-22(3)37-32-28(27)24-10-5-4-6-11-24/h4-6,9-13,20-21,23H,7-8,14-19H2,1-3H3,(H,31,34). The zero-order valence-electron chi connectivity index (χ0n) is 22.0. The molecule has 0 spiro atoms. The largest absolute Gasteiger partial charge is 0.462 e. The van der Waals surface area contributed by atoms with E-state index in [0.29, 0.717) is 29.5 Å². The van der Waals surface area contributed by atoms with Gasteiger partial charge in [0.05, 0.1) is 6.61 Å². The van der Waals surface area contributed by atoms with Crippen LogP contribution in [0.15, 0.2) is 59.1 Å². The molecule has 1 aliphatic rings. The fourth-order valence-corrected chi connectivity index (χ4v) is 4.73. The van der Waals surface area contributed by atoms with Crippen molar-refractivity contribution in [2.75, 3.05) is 31.6 Å². The van der Waals surface area contributed by atoms with Crippen molar-refractivity contribution in [3.63, 3.8) is 0 Å². The number of ether oxygens (including phenoxy) is 1. The molecule has 1 fully saturated rings. The molecule has 2 heterocycles. The summed E-state index contributed by atoms with van der Waals surface area (Å²) < 4.78 is 10.8. The monoisotopic (exact) mass is 503 g/mol. The van der Waals surface area contributed by atoms with Gasteiger partial charge in [0.25, 0.3) is 0 Å². The predicted molar refractivity (Wildman–Crippen MR) is 145 cm³/mol. The van der Waals surface area contributed by atoms with Crippen molar-refractivity contribution in [1.29, 1.82) is 0 Å². The lowest BCUT2D eigenvalue weighted by atomic mass is 9.89. The zero-order chi connectivity index (χ0) is 26.2. The highest BCUT2D eigenvalue weighted by molar-refractivity contribution is 5.97. The van der Waals surface area contributed by atoms with E-state index < -0.39 is 0 Å². The second-order valence-corrected chi connectivity index (χ2v) is 10.1. The van der Waals surface area contributed by atoms with Crippen molar-refractivity contribution < 1.29 is 18.8 Å². The van der Waals surface area contributed by atoms with Gasteiger partial charge in [0.2, 0.25) is 5.91 Å². The normalized spacial score (nSPS) is 14.6. The molecule has 4 rings (SSSR count). The first kappa shape index (κ1) is 26.6. The molecule has 0 aliphatic carbocycles. The molecule has 0 atom stereocenters. The Bertz CT molecular complexity index is 1180. The molecule has 7 nitrogen and oxygen atoms in total. The first-order valence-electron chi connectivity index (χ1n) is 13.2. The summed E-state index contributed by atoms with van der Waals surface area (Å²) in [6.45, 7) is 9.01. The Kier molecular flexibility index (Phi) is 9.12. The number of piperidine rings is 1. The lowest BCUT2D eigenvalue weighted by Crippen LogP contribution is -2.33. The number of esters is 1. The second-order valence-electron chi connectivity index (χ2n) is 10.1. The quantitative estimate of drug-likeness (QED) is 0.267. The number of hydrogen-bond acceptors (Lipinski definition) is 6. The Hall–Kier alpha value is -3.45. The fraction of sp³-hybridized carbons (Fsp3) is 0.433. The van der Waals surface area contributed by atoms with Gasteiger partial charge in [-0.1, -0.05) is 61.5 Å². The number of likely N-dealkylation sites (tertiary alicyclic amines) is 1. The number of carbonyl (C=O) groups is 2. The van der Waals surface area contributed by atoms with Crippen LogP contribution >= 0.6 is 0 Å². The Balaban J connectivity index is 1.18. The van der Waals surface area contributed by atoms with Crippen LogP contribution in [0.25, 0.3) is 11.3 Å². The molecule has 2 aromatic carbocycles. The number of aromatic nitrogens is 1. The van der Waals surface area contributed by atoms with E-state index in [-0.39, 0.29) is 17.8 Å². The number of nitrogens with zero attached hydrogens (tertiary/aromatic N) is 2. The summed E-state index contributed by atoms with van der Waals surface area (Å²) in [5.74, 6) is 0.614. The number of nitrogens with one attached hydrogen (secondary N) is 1. The molecule has 1 saturated heterocycles. The van der Waals surface area contributed by atoms with Gasteiger partial charge in [-0.2, -0.15) is 0 Å². The van der Waals surface area contributed by atoms with Crippen molar-refractivity contribution in [3.05, 3.63) is 71.5 Å². The summed E-state index contributed by atoms with van der Waals surface area (Å²) in [5, 5.41) is 7.07. The summed E-state index contributed by atoms with van der Waals surface area (Å²) in [6, 6.07) is 17.8. The first-order chi connectivity index (χ1) is 17.9. The average Bonchev–Trinajstić information content (AvgIpc) is 3.30. The van der Waals surface area contributed by atoms with Crippen LogP contribution in [0.2, 0.25) is 0 Å². The lowest BCUT2D eigenvalue weighted by molar-refractivity contribution is -0.118. The third-order valence-corrected chi connectivity index (χ3v) is 6.95. The highest BCUT2D eigenvalue weighted by Crippen LogP contribution is 2.30. The molecule has 0 bridgehead atoms. The summed E-state index contributed by atoms with van der Waals surface area (Å²) in [4.78, 5) is 27.2. The number of benzene rings is 2. The summed E-state index contributed by atoms with van der Waals surface area (Å²) in [6.07, 6.45) is 3.99. The van der Waals surface area contributed by atoms with Crippen LogP contribution in [0.4, 0.5) is 5.69 Å². The van der Waals surface area contributed by atoms with Gasteiger partial charge >= 0.3 is 5.97 Å². The number of unbranched alkanes of at least 4 members (excludes halogenated alkanes) is 1. The predicted octanol–water partition coefficient (Wildman–Crippen LogP) is 6.06. The topological polar surface area (TPSA) is 84.7 Å². The van der Waals surface area contributed by atoms with Crippen LogP contribution in [0.5, 0.6) is 0 Å². The second kappa shape index (κ2) is 12.7. The molecule has 1 aromatic heterocycles. The molecule has 0 saturated carbocycles. The van der Waals surface area contributed by atoms with Gasteiger partial charge in [0, 0.05) is 17.2 Å². The van der Waals surface area contributed by atoms with Gasteiger partial charge in [-0.25, -0.2) is 4.79 Å². The summed E-state index contributed by atoms with van der Waals surface area (Å²) in [5.41, 5.74) is 3.94. The average molecular weight is 504 g/mol. The number of carbonyl (C=O) groups excluding carboxylic acids is 2. The Morgan fingerprint density at radius 2 is 1.84 bits per heavy atom. The Labute approximate surface area is 219 Å². The molecular weight excluding hydrogens is 466 g/mol. The minimum atomic E-state index is -0.384. The van der Waals surface area contributed by atoms with E-state index in [0.717, 1.165) is 56.6 Å². The SMILES string of the molecule is Cc1onc(-c2ccccc2)c1C(=O)OCCCCN1CCC(c2cccc(NC(=O)C(C)C)c2)CC1. The maximum absolute atomic E-state index is 12.7. The molecule has 196 valence electrons. The molecular formula is C30H37N3O4. The number of rotatable bonds is 10. The smallest absolute Gasteiger partial charge is 0.344 e. The van der Waals surface area contributed by atoms with E-state index in [4.69, 9.17) is 9.26 Å².